The molecule has 156 valence electrons. The van der Waals surface area contributed by atoms with Gasteiger partial charge in [0.15, 0.2) is 0 Å². The van der Waals surface area contributed by atoms with Crippen molar-refractivity contribution in [2.45, 2.75) is 45.6 Å². The van der Waals surface area contributed by atoms with Gasteiger partial charge in [-0.3, -0.25) is 4.98 Å². The van der Waals surface area contributed by atoms with Gasteiger partial charge in [0.25, 0.3) is 0 Å². The van der Waals surface area contributed by atoms with E-state index in [1.54, 1.807) is 44.6 Å². The fourth-order valence-corrected chi connectivity index (χ4v) is 3.65. The van der Waals surface area contributed by atoms with E-state index >= 15 is 0 Å². The molecule has 0 aliphatic heterocycles. The van der Waals surface area contributed by atoms with E-state index in [0.29, 0.717) is 22.4 Å². The van der Waals surface area contributed by atoms with Gasteiger partial charge >= 0.3 is 0 Å². The lowest BCUT2D eigenvalue weighted by atomic mass is 9.70. The minimum absolute atomic E-state index is 0.459. The monoisotopic (exact) mass is 411 g/mol. The second-order valence-corrected chi connectivity index (χ2v) is 9.13. The number of hydrogen-bond acceptors (Lipinski definition) is 6. The lowest BCUT2D eigenvalue weighted by Gasteiger charge is -2.39. The largest absolute Gasteiger partial charge is 0.378 e. The van der Waals surface area contributed by atoms with Crippen molar-refractivity contribution in [2.75, 3.05) is 0 Å². The van der Waals surface area contributed by atoms with Crippen LogP contribution in [0.2, 0.25) is 0 Å². The van der Waals surface area contributed by atoms with E-state index in [4.69, 9.17) is 0 Å². The summed E-state index contributed by atoms with van der Waals surface area (Å²) in [6, 6.07) is 13.6. The lowest BCUT2D eigenvalue weighted by Crippen LogP contribution is -2.42. The highest BCUT2D eigenvalue weighted by molar-refractivity contribution is 5.66. The zero-order valence-corrected chi connectivity index (χ0v) is 18.4. The molecule has 0 radical (unpaired) electrons. The molecule has 0 fully saturated rings. The summed E-state index contributed by atoms with van der Waals surface area (Å²) in [5.74, 6) is 0. The summed E-state index contributed by atoms with van der Waals surface area (Å²) in [5.41, 5.74) is 1.12. The number of nitriles is 2. The Bertz CT molecular complexity index is 1170. The van der Waals surface area contributed by atoms with E-state index in [2.05, 4.69) is 27.1 Å². The molecule has 1 N–H and O–H groups in total. The number of aromatic nitrogens is 3. The molecular weight excluding hydrogens is 386 g/mol. The van der Waals surface area contributed by atoms with E-state index in [-0.39, 0.29) is 0 Å². The summed E-state index contributed by atoms with van der Waals surface area (Å²) in [5, 5.41) is 30.7. The van der Waals surface area contributed by atoms with Crippen LogP contribution in [-0.2, 0) is 11.0 Å². The van der Waals surface area contributed by atoms with Crippen LogP contribution in [0.1, 0.15) is 57.0 Å². The zero-order chi connectivity index (χ0) is 22.9. The second kappa shape index (κ2) is 7.91. The van der Waals surface area contributed by atoms with E-state index in [1.165, 1.54) is 6.33 Å². The molecule has 2 aromatic heterocycles. The molecule has 3 rings (SSSR count). The Labute approximate surface area is 182 Å². The van der Waals surface area contributed by atoms with Crippen LogP contribution in [0.4, 0.5) is 0 Å². The standard InChI is InChI=1S/C25H25N5O/c1-23(2,3)25(31,20-13-28-16-29-14-20)22-9-7-18(12-30-22)17-6-8-21(19(10-17)11-26)24(4,5)15-27/h6-10,12-14,16,31H,1-5H3. The first-order chi connectivity index (χ1) is 14.5. The Morgan fingerprint density at radius 3 is 2.03 bits per heavy atom. The fourth-order valence-electron chi connectivity index (χ4n) is 3.65. The van der Waals surface area contributed by atoms with Crippen molar-refractivity contribution in [1.29, 1.82) is 10.5 Å². The van der Waals surface area contributed by atoms with Crippen molar-refractivity contribution in [3.8, 4) is 23.3 Å². The number of hydrogen-bond donors (Lipinski definition) is 1. The average Bonchev–Trinajstić information content (AvgIpc) is 2.78. The summed E-state index contributed by atoms with van der Waals surface area (Å²) >= 11 is 0. The highest BCUT2D eigenvalue weighted by Gasteiger charge is 2.45. The number of aliphatic hydroxyl groups is 1. The van der Waals surface area contributed by atoms with E-state index in [9.17, 15) is 15.6 Å². The van der Waals surface area contributed by atoms with Crippen LogP contribution < -0.4 is 0 Å². The molecule has 6 heteroatoms. The first-order valence-electron chi connectivity index (χ1n) is 9.95. The summed E-state index contributed by atoms with van der Waals surface area (Å²) in [6.45, 7) is 9.39. The first kappa shape index (κ1) is 22.1. The molecule has 3 aromatic rings. The summed E-state index contributed by atoms with van der Waals surface area (Å²) < 4.78 is 0. The van der Waals surface area contributed by atoms with E-state index < -0.39 is 16.4 Å². The average molecular weight is 412 g/mol. The number of nitrogens with zero attached hydrogens (tertiary/aromatic N) is 5. The van der Waals surface area contributed by atoms with Gasteiger partial charge < -0.3 is 5.11 Å². The van der Waals surface area contributed by atoms with Crippen LogP contribution in [0.3, 0.4) is 0 Å². The third-order valence-corrected chi connectivity index (χ3v) is 5.62. The van der Waals surface area contributed by atoms with Gasteiger partial charge in [0.2, 0.25) is 0 Å². The van der Waals surface area contributed by atoms with Gasteiger partial charge in [-0.1, -0.05) is 39.0 Å². The third kappa shape index (κ3) is 3.91. The second-order valence-electron chi connectivity index (χ2n) is 9.13. The van der Waals surface area contributed by atoms with Crippen molar-refractivity contribution in [2.24, 2.45) is 5.41 Å². The molecule has 0 aliphatic rings. The normalized spacial score (nSPS) is 13.7. The van der Waals surface area contributed by atoms with Gasteiger partial charge in [0, 0.05) is 35.1 Å². The molecule has 6 nitrogen and oxygen atoms in total. The molecule has 0 aliphatic carbocycles. The molecule has 1 unspecified atom stereocenters. The van der Waals surface area contributed by atoms with Crippen LogP contribution in [0.15, 0.2) is 55.2 Å². The fraction of sp³-hybridized carbons (Fsp3) is 0.320. The van der Waals surface area contributed by atoms with Crippen molar-refractivity contribution in [1.82, 2.24) is 15.0 Å². The molecule has 0 saturated carbocycles. The van der Waals surface area contributed by atoms with Gasteiger partial charge in [0.1, 0.15) is 11.9 Å². The zero-order valence-electron chi connectivity index (χ0n) is 18.4. The number of pyridine rings is 1. The molecule has 31 heavy (non-hydrogen) atoms. The Morgan fingerprint density at radius 2 is 1.52 bits per heavy atom. The molecule has 2 heterocycles. The molecular formula is C25H25N5O. The highest BCUT2D eigenvalue weighted by atomic mass is 16.3. The molecule has 1 atom stereocenters. The topological polar surface area (TPSA) is 106 Å². The smallest absolute Gasteiger partial charge is 0.139 e. The maximum absolute atomic E-state index is 11.7. The quantitative estimate of drug-likeness (QED) is 0.678. The van der Waals surface area contributed by atoms with Crippen LogP contribution in [0.25, 0.3) is 11.1 Å². The first-order valence-corrected chi connectivity index (χ1v) is 9.95. The van der Waals surface area contributed by atoms with Crippen LogP contribution >= 0.6 is 0 Å². The molecule has 0 amide bonds. The maximum atomic E-state index is 11.7. The molecule has 0 saturated heterocycles. The Morgan fingerprint density at radius 1 is 0.871 bits per heavy atom. The molecule has 0 spiro atoms. The maximum Gasteiger partial charge on any atom is 0.139 e. The van der Waals surface area contributed by atoms with Gasteiger partial charge in [-0.2, -0.15) is 10.5 Å². The van der Waals surface area contributed by atoms with Gasteiger partial charge in [-0.25, -0.2) is 9.97 Å². The van der Waals surface area contributed by atoms with Crippen LogP contribution in [0, 0.1) is 28.1 Å². The third-order valence-electron chi connectivity index (χ3n) is 5.62. The SMILES string of the molecule is CC(C)(C#N)c1ccc(-c2ccc(C(O)(c3cncnc3)C(C)(C)C)nc2)cc1C#N. The minimum Gasteiger partial charge on any atom is -0.378 e. The predicted octanol–water partition coefficient (Wildman–Crippen LogP) is 4.49. The van der Waals surface area contributed by atoms with Crippen molar-refractivity contribution in [3.05, 3.63) is 77.6 Å². The van der Waals surface area contributed by atoms with Crippen LogP contribution in [0.5, 0.6) is 0 Å². The van der Waals surface area contributed by atoms with Crippen LogP contribution in [-0.4, -0.2) is 20.1 Å². The molecule has 0 bridgehead atoms. The van der Waals surface area contributed by atoms with Crippen molar-refractivity contribution in [3.63, 3.8) is 0 Å². The molecule has 1 aromatic carbocycles. The Kier molecular flexibility index (Phi) is 5.63. The van der Waals surface area contributed by atoms with Gasteiger partial charge in [-0.15, -0.1) is 0 Å². The van der Waals surface area contributed by atoms with Crippen molar-refractivity contribution < 1.29 is 5.11 Å². The Balaban J connectivity index is 2.06. The number of rotatable bonds is 4. The summed E-state index contributed by atoms with van der Waals surface area (Å²) in [7, 11) is 0. The van der Waals surface area contributed by atoms with E-state index in [0.717, 1.165) is 11.1 Å². The Hall–Kier alpha value is -3.61. The lowest BCUT2D eigenvalue weighted by molar-refractivity contribution is -0.0301. The van der Waals surface area contributed by atoms with E-state index in [1.807, 2.05) is 39.0 Å². The number of benzene rings is 1. The highest BCUT2D eigenvalue weighted by Crippen LogP contribution is 2.43. The predicted molar refractivity (Wildman–Crippen MR) is 118 cm³/mol. The van der Waals surface area contributed by atoms with Gasteiger partial charge in [-0.05, 0) is 37.1 Å². The minimum atomic E-state index is -1.38. The summed E-state index contributed by atoms with van der Waals surface area (Å²) in [6.07, 6.45) is 6.31. The van der Waals surface area contributed by atoms with Gasteiger partial charge in [0.05, 0.1) is 28.8 Å². The summed E-state index contributed by atoms with van der Waals surface area (Å²) in [4.78, 5) is 12.7. The van der Waals surface area contributed by atoms with Crippen molar-refractivity contribution >= 4 is 0 Å².